The summed E-state index contributed by atoms with van der Waals surface area (Å²) in [6.07, 6.45) is 2.19. The van der Waals surface area contributed by atoms with Crippen LogP contribution in [-0.4, -0.2) is 21.5 Å². The third-order valence-corrected chi connectivity index (χ3v) is 5.10. The van der Waals surface area contributed by atoms with Crippen molar-refractivity contribution in [1.82, 2.24) is 4.57 Å². The Balaban J connectivity index is 2.12. The molecule has 1 aliphatic rings. The van der Waals surface area contributed by atoms with Crippen molar-refractivity contribution >= 4 is 35.2 Å². The largest absolute Gasteiger partial charge is 0.461 e. The van der Waals surface area contributed by atoms with Crippen LogP contribution in [0.5, 0.6) is 0 Å². The summed E-state index contributed by atoms with van der Waals surface area (Å²) in [7, 11) is 0. The van der Waals surface area contributed by atoms with Crippen LogP contribution >= 0.6 is 23.2 Å². The van der Waals surface area contributed by atoms with Gasteiger partial charge in [0.25, 0.3) is 0 Å². The Morgan fingerprint density at radius 2 is 2.17 bits per heavy atom. The molecule has 1 aromatic heterocycles. The number of nitriles is 1. The predicted octanol–water partition coefficient (Wildman–Crippen LogP) is 4.40. The molecule has 2 rings (SSSR count). The summed E-state index contributed by atoms with van der Waals surface area (Å²) in [6, 6.07) is 3.90. The van der Waals surface area contributed by atoms with Crippen molar-refractivity contribution in [2.45, 2.75) is 45.0 Å². The second kappa shape index (κ2) is 7.21. The van der Waals surface area contributed by atoms with Gasteiger partial charge in [-0.2, -0.15) is 5.26 Å². The number of halogens is 2. The summed E-state index contributed by atoms with van der Waals surface area (Å²) >= 11 is 11.8. The molecule has 1 fully saturated rings. The number of aromatic nitrogens is 1. The lowest BCUT2D eigenvalue weighted by Crippen LogP contribution is -2.11. The number of rotatable bonds is 6. The van der Waals surface area contributed by atoms with E-state index in [2.05, 4.69) is 18.4 Å². The molecule has 1 atom stereocenters. The molecule has 0 amide bonds. The number of hydrogen-bond acceptors (Lipinski definition) is 3. The topological polar surface area (TPSA) is 55.0 Å². The molecule has 0 aromatic carbocycles. The van der Waals surface area contributed by atoms with E-state index in [0.29, 0.717) is 12.3 Å². The third kappa shape index (κ3) is 4.34. The van der Waals surface area contributed by atoms with E-state index in [1.54, 1.807) is 6.08 Å². The maximum absolute atomic E-state index is 12.1. The van der Waals surface area contributed by atoms with Crippen LogP contribution in [-0.2, 0) is 16.1 Å². The van der Waals surface area contributed by atoms with Crippen molar-refractivity contribution in [3.63, 3.8) is 0 Å². The maximum atomic E-state index is 12.1. The van der Waals surface area contributed by atoms with Gasteiger partial charge < -0.3 is 9.30 Å². The molecule has 0 radical (unpaired) electrons. The van der Waals surface area contributed by atoms with Crippen molar-refractivity contribution in [2.75, 3.05) is 6.61 Å². The van der Waals surface area contributed by atoms with Gasteiger partial charge in [0.05, 0.1) is 6.61 Å². The molecule has 1 aromatic rings. The SMILES string of the molecule is Cc1cc(/C=C(\C#N)C(=O)OCC2CC2(Cl)Cl)c(C)n1CC(C)C. The van der Waals surface area contributed by atoms with Gasteiger partial charge in [0.1, 0.15) is 16.0 Å². The van der Waals surface area contributed by atoms with Crippen LogP contribution in [0.4, 0.5) is 0 Å². The summed E-state index contributed by atoms with van der Waals surface area (Å²) in [5.41, 5.74) is 2.97. The fraction of sp³-hybridized carbons (Fsp3) is 0.556. The Kier molecular flexibility index (Phi) is 5.67. The molecule has 0 spiro atoms. The Morgan fingerprint density at radius 3 is 2.67 bits per heavy atom. The number of esters is 1. The molecule has 4 nitrogen and oxygen atoms in total. The van der Waals surface area contributed by atoms with Crippen molar-refractivity contribution in [3.05, 3.63) is 28.6 Å². The van der Waals surface area contributed by atoms with E-state index in [1.807, 2.05) is 26.0 Å². The molecule has 0 saturated heterocycles. The van der Waals surface area contributed by atoms with E-state index in [4.69, 9.17) is 27.9 Å². The number of ether oxygens (including phenoxy) is 1. The minimum Gasteiger partial charge on any atom is -0.461 e. The highest BCUT2D eigenvalue weighted by atomic mass is 35.5. The maximum Gasteiger partial charge on any atom is 0.348 e. The fourth-order valence-corrected chi connectivity index (χ4v) is 3.12. The van der Waals surface area contributed by atoms with Crippen LogP contribution in [0, 0.1) is 37.0 Å². The number of nitrogens with zero attached hydrogens (tertiary/aromatic N) is 2. The average Bonchev–Trinajstić information content (AvgIpc) is 3.03. The van der Waals surface area contributed by atoms with E-state index in [0.717, 1.165) is 23.5 Å². The quantitative estimate of drug-likeness (QED) is 0.323. The lowest BCUT2D eigenvalue weighted by atomic mass is 10.1. The fourth-order valence-electron chi connectivity index (χ4n) is 2.62. The lowest BCUT2D eigenvalue weighted by Gasteiger charge is -2.12. The minimum atomic E-state index is -0.793. The van der Waals surface area contributed by atoms with Crippen molar-refractivity contribution in [3.8, 4) is 6.07 Å². The highest BCUT2D eigenvalue weighted by Crippen LogP contribution is 2.53. The van der Waals surface area contributed by atoms with E-state index < -0.39 is 10.3 Å². The minimum absolute atomic E-state index is 0.0183. The number of aryl methyl sites for hydroxylation is 1. The zero-order valence-corrected chi connectivity index (χ0v) is 15.9. The van der Waals surface area contributed by atoms with Crippen LogP contribution in [0.3, 0.4) is 0 Å². The van der Waals surface area contributed by atoms with Crippen LogP contribution in [0.15, 0.2) is 11.6 Å². The molecule has 6 heteroatoms. The van der Waals surface area contributed by atoms with Gasteiger partial charge in [-0.3, -0.25) is 0 Å². The van der Waals surface area contributed by atoms with Gasteiger partial charge in [0, 0.05) is 23.9 Å². The van der Waals surface area contributed by atoms with Gasteiger partial charge in [0.15, 0.2) is 0 Å². The molecular formula is C18H22Cl2N2O2. The lowest BCUT2D eigenvalue weighted by molar-refractivity contribution is -0.138. The first kappa shape index (κ1) is 18.9. The zero-order valence-electron chi connectivity index (χ0n) is 14.4. The molecule has 0 bridgehead atoms. The number of carbonyl (C=O) groups excluding carboxylic acids is 1. The molecule has 130 valence electrons. The molecule has 24 heavy (non-hydrogen) atoms. The van der Waals surface area contributed by atoms with E-state index in [1.165, 1.54) is 0 Å². The Morgan fingerprint density at radius 1 is 1.54 bits per heavy atom. The monoisotopic (exact) mass is 368 g/mol. The van der Waals surface area contributed by atoms with Gasteiger partial charge in [0.2, 0.25) is 0 Å². The van der Waals surface area contributed by atoms with Gasteiger partial charge in [-0.1, -0.05) is 13.8 Å². The number of hydrogen-bond donors (Lipinski definition) is 0. The Hall–Kier alpha value is -1.44. The average molecular weight is 369 g/mol. The second-order valence-corrected chi connectivity index (χ2v) is 8.30. The predicted molar refractivity (Wildman–Crippen MR) is 95.8 cm³/mol. The summed E-state index contributed by atoms with van der Waals surface area (Å²) in [4.78, 5) is 12.1. The van der Waals surface area contributed by atoms with Crippen LogP contribution in [0.2, 0.25) is 0 Å². The molecule has 1 aliphatic carbocycles. The van der Waals surface area contributed by atoms with Gasteiger partial charge in [-0.25, -0.2) is 4.79 Å². The Labute approximate surface area is 153 Å². The molecule has 0 N–H and O–H groups in total. The highest BCUT2D eigenvalue weighted by molar-refractivity contribution is 6.50. The highest BCUT2D eigenvalue weighted by Gasteiger charge is 2.52. The summed E-state index contributed by atoms with van der Waals surface area (Å²) in [5, 5.41) is 9.28. The summed E-state index contributed by atoms with van der Waals surface area (Å²) in [5.74, 6) is -0.181. The first-order chi connectivity index (χ1) is 11.2. The van der Waals surface area contributed by atoms with Gasteiger partial charge in [-0.05, 0) is 43.9 Å². The van der Waals surface area contributed by atoms with Crippen LogP contribution in [0.1, 0.15) is 37.2 Å². The molecule has 1 unspecified atom stereocenters. The van der Waals surface area contributed by atoms with Gasteiger partial charge in [-0.15, -0.1) is 23.2 Å². The van der Waals surface area contributed by atoms with E-state index in [9.17, 15) is 10.1 Å². The zero-order chi connectivity index (χ0) is 18.1. The van der Waals surface area contributed by atoms with Crippen molar-refractivity contribution in [1.29, 1.82) is 5.26 Å². The standard InChI is InChI=1S/C18H22Cl2N2O2/c1-11(2)9-22-12(3)5-14(13(22)4)6-15(8-21)17(23)24-10-16-7-18(16,19)20/h5-6,11,16H,7,9-10H2,1-4H3/b15-6+. The van der Waals surface area contributed by atoms with Gasteiger partial charge >= 0.3 is 5.97 Å². The first-order valence-corrected chi connectivity index (χ1v) is 8.74. The number of alkyl halides is 2. The summed E-state index contributed by atoms with van der Waals surface area (Å²) in [6.45, 7) is 9.34. The van der Waals surface area contributed by atoms with E-state index >= 15 is 0 Å². The molecule has 0 aliphatic heterocycles. The summed E-state index contributed by atoms with van der Waals surface area (Å²) < 4.78 is 6.56. The Bertz CT molecular complexity index is 711. The van der Waals surface area contributed by atoms with E-state index in [-0.39, 0.29) is 18.1 Å². The van der Waals surface area contributed by atoms with Crippen LogP contribution < -0.4 is 0 Å². The number of carbonyl (C=O) groups is 1. The molecule has 1 saturated carbocycles. The first-order valence-electron chi connectivity index (χ1n) is 7.99. The van der Waals surface area contributed by atoms with Crippen molar-refractivity contribution in [2.24, 2.45) is 11.8 Å². The smallest absolute Gasteiger partial charge is 0.348 e. The third-order valence-electron chi connectivity index (χ3n) is 4.17. The second-order valence-electron chi connectivity index (χ2n) is 6.76. The van der Waals surface area contributed by atoms with Crippen molar-refractivity contribution < 1.29 is 9.53 Å². The molecular weight excluding hydrogens is 347 g/mol. The van der Waals surface area contributed by atoms with Crippen LogP contribution in [0.25, 0.3) is 6.08 Å². The molecule has 1 heterocycles. The normalized spacial score (nSPS) is 19.2.